The zero-order valence-electron chi connectivity index (χ0n) is 9.82. The Kier molecular flexibility index (Phi) is 8.20. The molecule has 0 aliphatic rings. The van der Waals surface area contributed by atoms with E-state index >= 15 is 0 Å². The molecule has 1 heterocycles. The van der Waals surface area contributed by atoms with E-state index in [1.807, 2.05) is 18.2 Å². The second kappa shape index (κ2) is 8.48. The Balaban J connectivity index is 0.000000494. The van der Waals surface area contributed by atoms with Crippen molar-refractivity contribution in [2.24, 2.45) is 0 Å². The smallest absolute Gasteiger partial charge is 0.110 e. The highest BCUT2D eigenvalue weighted by atomic mass is 35.7. The van der Waals surface area contributed by atoms with E-state index < -0.39 is 21.0 Å². The Morgan fingerprint density at radius 2 is 2.06 bits per heavy atom. The molecule has 0 aliphatic carbocycles. The molecule has 1 rings (SSSR count). The lowest BCUT2D eigenvalue weighted by Gasteiger charge is -2.12. The Morgan fingerprint density at radius 1 is 1.50 bits per heavy atom. The van der Waals surface area contributed by atoms with Crippen molar-refractivity contribution in [3.8, 4) is 0 Å². The lowest BCUT2D eigenvalue weighted by atomic mass is 10.2. The summed E-state index contributed by atoms with van der Waals surface area (Å²) in [5.74, 6) is 0.494. The second-order valence-electron chi connectivity index (χ2n) is 3.11. The fourth-order valence-corrected chi connectivity index (χ4v) is 1.79. The molecule has 0 spiro atoms. The minimum absolute atomic E-state index is 0.160. The van der Waals surface area contributed by atoms with Crippen LogP contribution in [0.2, 0.25) is 0 Å². The summed E-state index contributed by atoms with van der Waals surface area (Å²) >= 11 is 0. The number of hydrogen-bond acceptors (Lipinski definition) is 7. The first-order valence-electron chi connectivity index (χ1n) is 4.61. The van der Waals surface area contributed by atoms with Crippen LogP contribution in [0.3, 0.4) is 0 Å². The summed E-state index contributed by atoms with van der Waals surface area (Å²) in [6.07, 6.45) is 3.21. The highest BCUT2D eigenvalue weighted by molar-refractivity contribution is 7.84. The molecule has 1 N–H and O–H groups in total. The van der Waals surface area contributed by atoms with Gasteiger partial charge in [-0.15, -0.1) is 0 Å². The normalized spacial score (nSPS) is 14.3. The average Bonchev–Trinajstić information content (AvgIpc) is 2.24. The summed E-state index contributed by atoms with van der Waals surface area (Å²) < 4.78 is 48.9. The molecule has 0 radical (unpaired) electrons. The number of nitrogens with zero attached hydrogens (tertiary/aromatic N) is 1. The van der Waals surface area contributed by atoms with Crippen LogP contribution in [0.1, 0.15) is 11.8 Å². The summed E-state index contributed by atoms with van der Waals surface area (Å²) in [5.41, 5.74) is 0.834. The van der Waals surface area contributed by atoms with Gasteiger partial charge >= 0.3 is 0 Å². The van der Waals surface area contributed by atoms with Crippen LogP contribution >= 0.6 is 0 Å². The largest absolute Gasteiger partial charge is 0.374 e. The molecular weight excluding hydrogens is 286 g/mol. The number of halogens is 1. The first kappa shape index (κ1) is 17.4. The predicted octanol–water partition coefficient (Wildman–Crippen LogP) is -2.98. The number of hydrogen-bond donors (Lipinski definition) is 1. The summed E-state index contributed by atoms with van der Waals surface area (Å²) in [6, 6.07) is 5.62. The summed E-state index contributed by atoms with van der Waals surface area (Å²) in [5, 5.41) is 0. The van der Waals surface area contributed by atoms with Gasteiger partial charge in [0.25, 0.3) is 0 Å². The maximum absolute atomic E-state index is 11.0. The molecule has 104 valence electrons. The van der Waals surface area contributed by atoms with Crippen LogP contribution in [0.15, 0.2) is 24.4 Å². The van der Waals surface area contributed by atoms with Crippen LogP contribution in [-0.2, 0) is 15.5 Å². The van der Waals surface area contributed by atoms with Gasteiger partial charge in [0.1, 0.15) is 6.10 Å². The monoisotopic (exact) mass is 299 g/mol. The maximum atomic E-state index is 11.0. The maximum Gasteiger partial charge on any atom is 0.110 e. The van der Waals surface area contributed by atoms with E-state index in [9.17, 15) is 4.21 Å². The van der Waals surface area contributed by atoms with E-state index in [1.165, 1.54) is 0 Å². The molecule has 7 nitrogen and oxygen atoms in total. The van der Waals surface area contributed by atoms with Crippen LogP contribution in [0.4, 0.5) is 0 Å². The summed E-state index contributed by atoms with van der Waals surface area (Å²) in [7, 11) is -3.95. The van der Waals surface area contributed by atoms with Crippen LogP contribution in [0.5, 0.6) is 0 Å². The molecule has 2 atom stereocenters. The van der Waals surface area contributed by atoms with Gasteiger partial charge in [0.15, 0.2) is 0 Å². The van der Waals surface area contributed by atoms with Gasteiger partial charge in [-0.3, -0.25) is 9.19 Å². The molecule has 1 aromatic heterocycles. The van der Waals surface area contributed by atoms with E-state index in [2.05, 4.69) is 4.98 Å². The zero-order chi connectivity index (χ0) is 14.2. The van der Waals surface area contributed by atoms with Gasteiger partial charge in [-0.25, -0.2) is 0 Å². The zero-order valence-corrected chi connectivity index (χ0v) is 11.4. The van der Waals surface area contributed by atoms with Crippen molar-refractivity contribution in [2.45, 2.75) is 6.10 Å². The van der Waals surface area contributed by atoms with E-state index in [0.29, 0.717) is 5.75 Å². The van der Waals surface area contributed by atoms with Gasteiger partial charge in [0.2, 0.25) is 0 Å². The predicted molar refractivity (Wildman–Crippen MR) is 55.1 cm³/mol. The first-order valence-corrected chi connectivity index (χ1v) is 7.60. The molecule has 18 heavy (non-hydrogen) atoms. The molecular formula is C9H14ClNO6S. The number of ether oxygens (including phenoxy) is 1. The molecule has 0 aromatic carbocycles. The molecule has 0 amide bonds. The summed E-state index contributed by atoms with van der Waals surface area (Å²) in [4.78, 5) is 4.14. The van der Waals surface area contributed by atoms with Gasteiger partial charge in [-0.05, 0) is 12.1 Å². The van der Waals surface area contributed by atoms with Crippen molar-refractivity contribution in [1.29, 1.82) is 0 Å². The number of aromatic nitrogens is 1. The third-order valence-corrected chi connectivity index (χ3v) is 2.46. The SMILES string of the molecule is COC(CS(C)=O)c1ccccn1.[O-][Cl+3]([O-])([O-])O. The standard InChI is InChI=1S/C9H13NO2S.ClHO4/c1-12-9(7-13(2)11)8-5-3-4-6-10-8;2-1(3,4)5/h3-6,9H,7H2,1-2H3;(H,2,3,4,5). The van der Waals surface area contributed by atoms with Crippen molar-refractivity contribution in [1.82, 2.24) is 4.98 Å². The fraction of sp³-hybridized carbons (Fsp3) is 0.444. The lowest BCUT2D eigenvalue weighted by molar-refractivity contribution is -1.92. The molecule has 2 unspecified atom stereocenters. The van der Waals surface area contributed by atoms with Gasteiger partial charge in [-0.2, -0.15) is 14.0 Å². The highest BCUT2D eigenvalue weighted by Gasteiger charge is 2.12. The second-order valence-corrected chi connectivity index (χ2v) is 5.39. The van der Waals surface area contributed by atoms with Crippen molar-refractivity contribution >= 4 is 10.8 Å². The van der Waals surface area contributed by atoms with Crippen molar-refractivity contribution in [2.75, 3.05) is 19.1 Å². The third kappa shape index (κ3) is 10.5. The van der Waals surface area contributed by atoms with Crippen LogP contribution in [0.25, 0.3) is 0 Å². The molecule has 1 aromatic rings. The Bertz CT molecular complexity index is 352. The number of methoxy groups -OCH3 is 1. The average molecular weight is 300 g/mol. The van der Waals surface area contributed by atoms with E-state index in [1.54, 1.807) is 19.6 Å². The number of pyridine rings is 1. The molecule has 0 saturated heterocycles. The van der Waals surface area contributed by atoms with Gasteiger partial charge in [0, 0.05) is 30.4 Å². The lowest BCUT2D eigenvalue weighted by Crippen LogP contribution is -2.58. The Hall–Kier alpha value is -0.610. The van der Waals surface area contributed by atoms with Gasteiger partial charge in [-0.1, -0.05) is 6.07 Å². The van der Waals surface area contributed by atoms with Crippen LogP contribution in [0, 0.1) is 10.2 Å². The molecule has 0 bridgehead atoms. The van der Waals surface area contributed by atoms with Crippen LogP contribution in [-0.4, -0.2) is 33.0 Å². The summed E-state index contributed by atoms with van der Waals surface area (Å²) in [6.45, 7) is 0. The van der Waals surface area contributed by atoms with Crippen LogP contribution < -0.4 is 14.0 Å². The molecule has 0 aliphatic heterocycles. The van der Waals surface area contributed by atoms with E-state index in [4.69, 9.17) is 23.4 Å². The van der Waals surface area contributed by atoms with Crippen molar-refractivity contribution in [3.05, 3.63) is 30.1 Å². The highest BCUT2D eigenvalue weighted by Crippen LogP contribution is 2.13. The quantitative estimate of drug-likeness (QED) is 0.628. The van der Waals surface area contributed by atoms with Gasteiger partial charge in [0.05, 0.1) is 26.3 Å². The Morgan fingerprint density at radius 3 is 2.39 bits per heavy atom. The Labute approximate surface area is 109 Å². The molecule has 0 saturated carbocycles. The first-order chi connectivity index (χ1) is 8.24. The molecule has 0 fully saturated rings. The van der Waals surface area contributed by atoms with Crippen molar-refractivity contribution < 1.29 is 37.8 Å². The van der Waals surface area contributed by atoms with E-state index in [0.717, 1.165) is 5.69 Å². The minimum atomic E-state index is -4.69. The van der Waals surface area contributed by atoms with E-state index in [-0.39, 0.29) is 6.10 Å². The molecule has 9 heteroatoms. The third-order valence-electron chi connectivity index (χ3n) is 1.69. The number of rotatable bonds is 4. The fourth-order valence-electron chi connectivity index (χ4n) is 1.05. The minimum Gasteiger partial charge on any atom is -0.374 e. The van der Waals surface area contributed by atoms with Gasteiger partial charge < -0.3 is 4.74 Å². The van der Waals surface area contributed by atoms with Crippen molar-refractivity contribution in [3.63, 3.8) is 0 Å². The topological polar surface area (TPSA) is 129 Å².